The molecule has 0 bridgehead atoms. The summed E-state index contributed by atoms with van der Waals surface area (Å²) in [4.78, 5) is 19.3. The van der Waals surface area contributed by atoms with E-state index in [2.05, 4.69) is 20.3 Å². The molecule has 1 aliphatic heterocycles. The lowest BCUT2D eigenvalue weighted by atomic mass is 10.1. The molecule has 7 nitrogen and oxygen atoms in total. The lowest BCUT2D eigenvalue weighted by Crippen LogP contribution is -2.44. The van der Waals surface area contributed by atoms with Crippen LogP contribution in [0.5, 0.6) is 0 Å². The molecular weight excluding hydrogens is 318 g/mol. The first-order chi connectivity index (χ1) is 12.1. The molecule has 0 saturated carbocycles. The van der Waals surface area contributed by atoms with Crippen molar-refractivity contribution >= 4 is 5.91 Å². The standard InChI is InChI=1S/C18H25N5O2/c1-14(2)23-13-15(11-21-23)18(24)20-12-17(16-5-3-4-6-19-16)22-7-9-25-10-8-22/h3-6,11,13-14,17H,7-10,12H2,1-2H3,(H,20,24)/t17-/m0/s1. The first-order valence-electron chi connectivity index (χ1n) is 8.70. The number of carbonyl (C=O) groups is 1. The van der Waals surface area contributed by atoms with Gasteiger partial charge in [0.15, 0.2) is 0 Å². The van der Waals surface area contributed by atoms with Gasteiger partial charge in [-0.2, -0.15) is 5.10 Å². The molecule has 0 unspecified atom stereocenters. The van der Waals surface area contributed by atoms with Gasteiger partial charge in [-0.1, -0.05) is 6.07 Å². The minimum atomic E-state index is -0.110. The molecule has 0 aromatic carbocycles. The summed E-state index contributed by atoms with van der Waals surface area (Å²) in [5.41, 5.74) is 1.54. The number of nitrogens with one attached hydrogen (secondary N) is 1. The molecule has 25 heavy (non-hydrogen) atoms. The predicted octanol–water partition coefficient (Wildman–Crippen LogP) is 1.66. The second-order valence-corrected chi connectivity index (χ2v) is 6.43. The highest BCUT2D eigenvalue weighted by atomic mass is 16.5. The SMILES string of the molecule is CC(C)n1cc(C(=O)NC[C@@H](c2ccccn2)N2CCOCC2)cn1. The number of pyridine rings is 1. The first kappa shape index (κ1) is 17.6. The quantitative estimate of drug-likeness (QED) is 0.864. The number of amides is 1. The highest BCUT2D eigenvalue weighted by molar-refractivity contribution is 5.93. The van der Waals surface area contributed by atoms with Gasteiger partial charge in [-0.15, -0.1) is 0 Å². The van der Waals surface area contributed by atoms with Crippen LogP contribution in [-0.2, 0) is 4.74 Å². The number of carbonyl (C=O) groups excluding carboxylic acids is 1. The lowest BCUT2D eigenvalue weighted by molar-refractivity contribution is 0.0154. The molecule has 0 spiro atoms. The van der Waals surface area contributed by atoms with Gasteiger partial charge in [0, 0.05) is 38.1 Å². The Hall–Kier alpha value is -2.25. The molecule has 1 atom stereocenters. The molecule has 7 heteroatoms. The van der Waals surface area contributed by atoms with Crippen LogP contribution in [0.25, 0.3) is 0 Å². The summed E-state index contributed by atoms with van der Waals surface area (Å²) in [5, 5.41) is 7.26. The Bertz CT molecular complexity index is 680. The van der Waals surface area contributed by atoms with Gasteiger partial charge in [-0.25, -0.2) is 0 Å². The van der Waals surface area contributed by atoms with Crippen molar-refractivity contribution in [3.05, 3.63) is 48.0 Å². The van der Waals surface area contributed by atoms with E-state index in [1.165, 1.54) is 0 Å². The van der Waals surface area contributed by atoms with E-state index >= 15 is 0 Å². The summed E-state index contributed by atoms with van der Waals surface area (Å²) in [6, 6.07) is 6.15. The smallest absolute Gasteiger partial charge is 0.254 e. The van der Waals surface area contributed by atoms with Gasteiger partial charge in [-0.05, 0) is 26.0 Å². The minimum absolute atomic E-state index is 0.0363. The van der Waals surface area contributed by atoms with Crippen LogP contribution in [0.3, 0.4) is 0 Å². The van der Waals surface area contributed by atoms with Crippen LogP contribution < -0.4 is 5.32 Å². The van der Waals surface area contributed by atoms with Gasteiger partial charge in [0.1, 0.15) is 0 Å². The minimum Gasteiger partial charge on any atom is -0.379 e. The van der Waals surface area contributed by atoms with Gasteiger partial charge in [0.2, 0.25) is 0 Å². The maximum atomic E-state index is 12.5. The number of aromatic nitrogens is 3. The summed E-state index contributed by atoms with van der Waals surface area (Å²) < 4.78 is 7.23. The van der Waals surface area contributed by atoms with Crippen LogP contribution >= 0.6 is 0 Å². The molecule has 2 aromatic rings. The molecule has 0 radical (unpaired) electrons. The summed E-state index contributed by atoms with van der Waals surface area (Å²) in [5.74, 6) is -0.110. The molecule has 1 amide bonds. The predicted molar refractivity (Wildman–Crippen MR) is 94.3 cm³/mol. The van der Waals surface area contributed by atoms with Crippen LogP contribution in [0.1, 0.15) is 42.0 Å². The molecule has 0 aliphatic carbocycles. The van der Waals surface area contributed by atoms with Crippen molar-refractivity contribution in [1.29, 1.82) is 0 Å². The van der Waals surface area contributed by atoms with Gasteiger partial charge in [0.05, 0.1) is 36.7 Å². The monoisotopic (exact) mass is 343 g/mol. The Morgan fingerprint density at radius 1 is 1.32 bits per heavy atom. The third-order valence-corrected chi connectivity index (χ3v) is 4.36. The molecule has 134 valence electrons. The van der Waals surface area contributed by atoms with E-state index in [4.69, 9.17) is 4.74 Å². The first-order valence-corrected chi connectivity index (χ1v) is 8.70. The largest absolute Gasteiger partial charge is 0.379 e. The van der Waals surface area contributed by atoms with Crippen molar-refractivity contribution in [3.63, 3.8) is 0 Å². The molecule has 1 fully saturated rings. The van der Waals surface area contributed by atoms with Crippen molar-refractivity contribution in [3.8, 4) is 0 Å². The molecule has 3 rings (SSSR count). The number of rotatable bonds is 6. The lowest BCUT2D eigenvalue weighted by Gasteiger charge is -2.34. The van der Waals surface area contributed by atoms with Gasteiger partial charge < -0.3 is 10.1 Å². The number of morpholine rings is 1. The molecule has 3 heterocycles. The van der Waals surface area contributed by atoms with E-state index in [-0.39, 0.29) is 18.0 Å². The topological polar surface area (TPSA) is 72.3 Å². The maximum Gasteiger partial charge on any atom is 0.254 e. The van der Waals surface area contributed by atoms with E-state index < -0.39 is 0 Å². The van der Waals surface area contributed by atoms with Crippen molar-refractivity contribution in [2.75, 3.05) is 32.8 Å². The van der Waals surface area contributed by atoms with Crippen molar-refractivity contribution in [2.24, 2.45) is 0 Å². The van der Waals surface area contributed by atoms with Gasteiger partial charge >= 0.3 is 0 Å². The Morgan fingerprint density at radius 3 is 2.76 bits per heavy atom. The van der Waals surface area contributed by atoms with Crippen LogP contribution in [0.15, 0.2) is 36.8 Å². The van der Waals surface area contributed by atoms with Gasteiger partial charge in [-0.3, -0.25) is 19.4 Å². The zero-order chi connectivity index (χ0) is 17.6. The third kappa shape index (κ3) is 4.43. The van der Waals surface area contributed by atoms with Crippen molar-refractivity contribution < 1.29 is 9.53 Å². The average Bonchev–Trinajstić information content (AvgIpc) is 3.14. The summed E-state index contributed by atoms with van der Waals surface area (Å²) in [6.45, 7) is 7.65. The zero-order valence-corrected chi connectivity index (χ0v) is 14.8. The second kappa shape index (κ2) is 8.22. The van der Waals surface area contributed by atoms with Crippen LogP contribution in [-0.4, -0.2) is 58.4 Å². The van der Waals surface area contributed by atoms with E-state index in [1.54, 1.807) is 23.3 Å². The molecule has 1 saturated heterocycles. The maximum absolute atomic E-state index is 12.5. The second-order valence-electron chi connectivity index (χ2n) is 6.43. The Labute approximate surface area is 148 Å². The molecule has 1 N–H and O–H groups in total. The van der Waals surface area contributed by atoms with Crippen LogP contribution in [0, 0.1) is 0 Å². The number of nitrogens with zero attached hydrogens (tertiary/aromatic N) is 4. The number of hydrogen-bond donors (Lipinski definition) is 1. The van der Waals surface area contributed by atoms with Crippen molar-refractivity contribution in [2.45, 2.75) is 25.9 Å². The Kier molecular flexibility index (Phi) is 5.78. The molecular formula is C18H25N5O2. The van der Waals surface area contributed by atoms with Gasteiger partial charge in [0.25, 0.3) is 5.91 Å². The number of hydrogen-bond acceptors (Lipinski definition) is 5. The highest BCUT2D eigenvalue weighted by Crippen LogP contribution is 2.19. The van der Waals surface area contributed by atoms with E-state index in [9.17, 15) is 4.79 Å². The normalized spacial score (nSPS) is 16.8. The molecule has 1 aliphatic rings. The van der Waals surface area contributed by atoms with E-state index in [1.807, 2.05) is 32.0 Å². The highest BCUT2D eigenvalue weighted by Gasteiger charge is 2.24. The van der Waals surface area contributed by atoms with Crippen LogP contribution in [0.4, 0.5) is 0 Å². The fourth-order valence-electron chi connectivity index (χ4n) is 2.91. The Balaban J connectivity index is 1.68. The fraction of sp³-hybridized carbons (Fsp3) is 0.500. The fourth-order valence-corrected chi connectivity index (χ4v) is 2.91. The number of ether oxygens (including phenoxy) is 1. The summed E-state index contributed by atoms with van der Waals surface area (Å²) in [6.07, 6.45) is 5.18. The third-order valence-electron chi connectivity index (χ3n) is 4.36. The zero-order valence-electron chi connectivity index (χ0n) is 14.8. The summed E-state index contributed by atoms with van der Waals surface area (Å²) >= 11 is 0. The Morgan fingerprint density at radius 2 is 2.12 bits per heavy atom. The van der Waals surface area contributed by atoms with E-state index in [0.717, 1.165) is 18.8 Å². The van der Waals surface area contributed by atoms with E-state index in [0.29, 0.717) is 25.3 Å². The summed E-state index contributed by atoms with van der Waals surface area (Å²) in [7, 11) is 0. The van der Waals surface area contributed by atoms with Crippen LogP contribution in [0.2, 0.25) is 0 Å². The molecule has 2 aromatic heterocycles. The van der Waals surface area contributed by atoms with Crippen molar-refractivity contribution in [1.82, 2.24) is 25.0 Å². The average molecular weight is 343 g/mol.